The zero-order valence-electron chi connectivity index (χ0n) is 25.3. The summed E-state index contributed by atoms with van der Waals surface area (Å²) in [6.45, 7) is 6.65. The number of aromatic nitrogens is 4. The van der Waals surface area contributed by atoms with E-state index in [1.165, 1.54) is 11.4 Å². The van der Waals surface area contributed by atoms with Crippen LogP contribution in [0.25, 0.3) is 11.1 Å². The van der Waals surface area contributed by atoms with Crippen LogP contribution < -0.4 is 25.6 Å². The van der Waals surface area contributed by atoms with Crippen LogP contribution in [0.5, 0.6) is 5.75 Å². The zero-order valence-corrected chi connectivity index (χ0v) is 27.7. The van der Waals surface area contributed by atoms with Gasteiger partial charge >= 0.3 is 0 Å². The van der Waals surface area contributed by atoms with Crippen molar-refractivity contribution in [2.45, 2.75) is 25.3 Å². The van der Waals surface area contributed by atoms with Gasteiger partial charge in [-0.2, -0.15) is 10.1 Å². The highest BCUT2D eigenvalue weighted by Gasteiger charge is 2.30. The summed E-state index contributed by atoms with van der Waals surface area (Å²) in [6, 6.07) is 12.4. The molecule has 4 aromatic rings. The predicted molar refractivity (Wildman–Crippen MR) is 179 cm³/mol. The second-order valence-corrected chi connectivity index (χ2v) is 15.7. The molecule has 2 aromatic heterocycles. The van der Waals surface area contributed by atoms with E-state index in [9.17, 15) is 4.57 Å². The SMILES string of the molecule is COc1cc2c(cc1Nc1ncc(Br)c(Nc3ccccc3P(C)(C)=O)n1)-c1cnn(C)c1CCN2C1CCN(C)CC1. The Balaban J connectivity index is 1.37. The first-order valence-electron chi connectivity index (χ1n) is 14.5. The molecule has 2 aromatic carbocycles. The molecule has 2 N–H and O–H groups in total. The van der Waals surface area contributed by atoms with Crippen LogP contribution in [0.1, 0.15) is 18.5 Å². The zero-order chi connectivity index (χ0) is 30.3. The number of nitrogens with zero attached hydrogens (tertiary/aromatic N) is 6. The highest BCUT2D eigenvalue weighted by atomic mass is 79.9. The van der Waals surface area contributed by atoms with Gasteiger partial charge in [0.2, 0.25) is 5.95 Å². The molecule has 12 heteroatoms. The molecule has 2 aliphatic heterocycles. The fourth-order valence-corrected chi connectivity index (χ4v) is 7.56. The average Bonchev–Trinajstić information content (AvgIpc) is 3.27. The van der Waals surface area contributed by atoms with Crippen LogP contribution >= 0.6 is 23.1 Å². The van der Waals surface area contributed by atoms with Gasteiger partial charge in [-0.25, -0.2) is 4.98 Å². The molecule has 1 fully saturated rings. The lowest BCUT2D eigenvalue weighted by atomic mass is 9.99. The molecule has 4 heterocycles. The van der Waals surface area contributed by atoms with Crippen LogP contribution in [-0.4, -0.2) is 77.8 Å². The molecule has 1 saturated heterocycles. The van der Waals surface area contributed by atoms with Crippen molar-refractivity contribution in [1.82, 2.24) is 24.6 Å². The highest BCUT2D eigenvalue weighted by molar-refractivity contribution is 9.10. The van der Waals surface area contributed by atoms with Crippen LogP contribution in [-0.2, 0) is 18.0 Å². The van der Waals surface area contributed by atoms with E-state index in [4.69, 9.17) is 9.72 Å². The molecule has 6 rings (SSSR count). The minimum atomic E-state index is -2.51. The van der Waals surface area contributed by atoms with Crippen molar-refractivity contribution in [3.8, 4) is 16.9 Å². The van der Waals surface area contributed by atoms with Crippen molar-refractivity contribution in [2.75, 3.05) is 62.7 Å². The number of halogens is 1. The number of ether oxygens (including phenoxy) is 1. The van der Waals surface area contributed by atoms with Crippen LogP contribution in [0, 0.1) is 0 Å². The van der Waals surface area contributed by atoms with E-state index in [2.05, 4.69) is 65.6 Å². The van der Waals surface area contributed by atoms with Crippen molar-refractivity contribution >= 4 is 57.2 Å². The third kappa shape index (κ3) is 6.03. The van der Waals surface area contributed by atoms with Crippen LogP contribution in [0.2, 0.25) is 0 Å². The van der Waals surface area contributed by atoms with Crippen molar-refractivity contribution in [3.63, 3.8) is 0 Å². The maximum atomic E-state index is 12.9. The van der Waals surface area contributed by atoms with E-state index < -0.39 is 7.14 Å². The Morgan fingerprint density at radius 1 is 1.00 bits per heavy atom. The first kappa shape index (κ1) is 29.7. The molecule has 0 aliphatic carbocycles. The number of fused-ring (bicyclic) bond motifs is 3. The molecule has 0 radical (unpaired) electrons. The van der Waals surface area contributed by atoms with E-state index in [1.807, 2.05) is 42.2 Å². The van der Waals surface area contributed by atoms with E-state index in [0.29, 0.717) is 28.0 Å². The van der Waals surface area contributed by atoms with Gasteiger partial charge in [-0.15, -0.1) is 0 Å². The molecule has 0 bridgehead atoms. The lowest BCUT2D eigenvalue weighted by Crippen LogP contribution is -2.44. The van der Waals surface area contributed by atoms with E-state index in [-0.39, 0.29) is 0 Å². The standard InChI is InChI=1S/C31H38BrN8O2P/c1-38-13-10-20(11-14-38)40-15-12-26-22(18-34-39(26)2)21-16-25(28(42-3)17-27(21)40)36-31-33-19-23(32)30(37-31)35-24-8-6-7-9-29(24)43(4,5)41/h6-9,16-20H,10-15H2,1-5H3,(H2,33,35,36,37). The van der Waals surface area contributed by atoms with Crippen molar-refractivity contribution in [3.05, 3.63) is 59.0 Å². The molecule has 0 amide bonds. The Bertz CT molecular complexity index is 1700. The number of likely N-dealkylation sites (tertiary alicyclic amines) is 1. The third-order valence-corrected chi connectivity index (χ3v) is 10.6. The maximum absolute atomic E-state index is 12.9. The maximum Gasteiger partial charge on any atom is 0.229 e. The summed E-state index contributed by atoms with van der Waals surface area (Å²) in [5, 5.41) is 12.2. The number of para-hydroxylation sites is 1. The summed E-state index contributed by atoms with van der Waals surface area (Å²) in [5.74, 6) is 1.69. The summed E-state index contributed by atoms with van der Waals surface area (Å²) < 4.78 is 21.6. The van der Waals surface area contributed by atoms with E-state index in [1.54, 1.807) is 26.6 Å². The van der Waals surface area contributed by atoms with Crippen molar-refractivity contribution in [1.29, 1.82) is 0 Å². The second-order valence-electron chi connectivity index (χ2n) is 11.7. The normalized spacial score (nSPS) is 15.9. The van der Waals surface area contributed by atoms with Crippen molar-refractivity contribution in [2.24, 2.45) is 7.05 Å². The number of hydrogen-bond acceptors (Lipinski definition) is 9. The predicted octanol–water partition coefficient (Wildman–Crippen LogP) is 5.84. The van der Waals surface area contributed by atoms with E-state index >= 15 is 0 Å². The lowest BCUT2D eigenvalue weighted by Gasteiger charge is -2.39. The van der Waals surface area contributed by atoms with Crippen LogP contribution in [0.4, 0.5) is 28.8 Å². The van der Waals surface area contributed by atoms with Gasteiger partial charge in [-0.05, 0) is 80.4 Å². The van der Waals surface area contributed by atoms with Gasteiger partial charge in [-0.1, -0.05) is 12.1 Å². The molecule has 0 unspecified atom stereocenters. The molecule has 2 aliphatic rings. The number of piperidine rings is 1. The number of methoxy groups -OCH3 is 1. The number of anilines is 5. The monoisotopic (exact) mass is 664 g/mol. The fraction of sp³-hybridized carbons (Fsp3) is 0.387. The van der Waals surface area contributed by atoms with Gasteiger partial charge in [0.1, 0.15) is 18.7 Å². The Kier molecular flexibility index (Phi) is 8.24. The van der Waals surface area contributed by atoms with Crippen LogP contribution in [0.15, 0.2) is 53.3 Å². The largest absolute Gasteiger partial charge is 0.494 e. The molecule has 0 saturated carbocycles. The molecule has 0 atom stereocenters. The number of nitrogens with one attached hydrogen (secondary N) is 2. The topological polar surface area (TPSA) is 100 Å². The summed E-state index contributed by atoms with van der Waals surface area (Å²) in [6.07, 6.45) is 6.85. The van der Waals surface area contributed by atoms with Gasteiger partial charge in [0.05, 0.1) is 29.2 Å². The first-order chi connectivity index (χ1) is 20.6. The number of rotatable bonds is 7. The number of hydrogen-bond donors (Lipinski definition) is 2. The van der Waals surface area contributed by atoms with Gasteiger partial charge in [-0.3, -0.25) is 4.68 Å². The Hall–Kier alpha value is -3.40. The van der Waals surface area contributed by atoms with Crippen LogP contribution in [0.3, 0.4) is 0 Å². The van der Waals surface area contributed by atoms with Gasteiger partial charge in [0.15, 0.2) is 0 Å². The molecular formula is C31H38BrN8O2P. The first-order valence-corrected chi connectivity index (χ1v) is 17.9. The Morgan fingerprint density at radius 2 is 1.77 bits per heavy atom. The third-order valence-electron chi connectivity index (χ3n) is 8.43. The molecule has 0 spiro atoms. The Morgan fingerprint density at radius 3 is 2.51 bits per heavy atom. The smallest absolute Gasteiger partial charge is 0.229 e. The molecule has 226 valence electrons. The minimum Gasteiger partial charge on any atom is -0.494 e. The summed E-state index contributed by atoms with van der Waals surface area (Å²) in [7, 11) is 3.40. The quantitative estimate of drug-likeness (QED) is 0.236. The second kappa shape index (κ2) is 11.9. The number of benzene rings is 2. The average molecular weight is 666 g/mol. The summed E-state index contributed by atoms with van der Waals surface area (Å²) in [5.41, 5.74) is 6.17. The van der Waals surface area contributed by atoms with Gasteiger partial charge in [0, 0.05) is 66.1 Å². The Labute approximate surface area is 261 Å². The minimum absolute atomic E-state index is 0.407. The summed E-state index contributed by atoms with van der Waals surface area (Å²) in [4.78, 5) is 14.3. The summed E-state index contributed by atoms with van der Waals surface area (Å²) >= 11 is 3.58. The molecular weight excluding hydrogens is 627 g/mol. The van der Waals surface area contributed by atoms with Gasteiger partial charge in [0.25, 0.3) is 0 Å². The lowest BCUT2D eigenvalue weighted by molar-refractivity contribution is 0.250. The van der Waals surface area contributed by atoms with E-state index in [0.717, 1.165) is 66.7 Å². The molecule has 43 heavy (non-hydrogen) atoms. The van der Waals surface area contributed by atoms with Gasteiger partial charge < -0.3 is 29.7 Å². The van der Waals surface area contributed by atoms with Crippen molar-refractivity contribution < 1.29 is 9.30 Å². The fourth-order valence-electron chi connectivity index (χ4n) is 6.12. The molecule has 10 nitrogen and oxygen atoms in total. The number of aryl methyl sites for hydroxylation is 1. The highest BCUT2D eigenvalue weighted by Crippen LogP contribution is 2.45.